The van der Waals surface area contributed by atoms with Crippen LogP contribution in [0.5, 0.6) is 0 Å². The molecule has 0 bridgehead atoms. The number of aliphatic hydroxyl groups excluding tert-OH is 28. The van der Waals surface area contributed by atoms with Gasteiger partial charge in [-0.15, -0.1) is 0 Å². The summed E-state index contributed by atoms with van der Waals surface area (Å²) >= 11 is 0. The van der Waals surface area contributed by atoms with Crippen LogP contribution in [0.1, 0.15) is 27.7 Å². The summed E-state index contributed by atoms with van der Waals surface area (Å²) in [5, 5.41) is 319. The average Bonchev–Trinajstić information content (AvgIpc) is 0.764. The SMILES string of the molecule is CC(=O)N[C@H]1[C@H](OC[C@H]2O[C@@H](O[C@H]3[C@H](O)[C@@H](O)C(O)O[C@@H]3CO)[C@H](O)[C@@H](O[C@@H]3O[C@H](CO)[C@@H](O[C@@H]4O[C@H](CO[C@@H]5O[C@H](CO)[C@@H](O)[C@H](O[C@@H]6O[C@H](CO)[C@H](O)[C@H](O)[C@H]6O)[C@H]5NC(C)=O)[C@H](O)[C@H](O[C@@H]5O[C@H](CO)[C@@H](O)[C@H](O[C@@H]6O[C@H](CO)[C@H](O)[C@H](O)[C@H]6O)[C@H]5NC(C)=O)[C@H]4O)[C@H](O)[C@H]3NC(C)=O)[C@H]2O)O[C@H](CO)[C@@H](O[C@@H]2O[C@H](CO)[C@H](O)[C@H](O)[C@H]2O)[C@@H]1O. The number of ether oxygens (including phenoxy) is 19. The molecule has 0 aliphatic carbocycles. The van der Waals surface area contributed by atoms with Gasteiger partial charge in [0.2, 0.25) is 23.6 Å². The molecule has 0 saturated carbocycles. The quantitative estimate of drug-likeness (QED) is 0.0297. The van der Waals surface area contributed by atoms with Crippen LogP contribution in [-0.4, -0.2) is 539 Å². The highest BCUT2D eigenvalue weighted by molar-refractivity contribution is 5.74. The topological polar surface area (TPSA) is 858 Å². The number of amides is 4. The first-order valence-electron chi connectivity index (χ1n) is 39.1. The monoisotopic (exact) mass is 1800 g/mol. The zero-order valence-electron chi connectivity index (χ0n) is 65.9. The lowest BCUT2D eigenvalue weighted by molar-refractivity contribution is -0.390. The predicted molar refractivity (Wildman–Crippen MR) is 376 cm³/mol. The van der Waals surface area contributed by atoms with Crippen molar-refractivity contribution < 1.29 is 252 Å². The summed E-state index contributed by atoms with van der Waals surface area (Å²) in [5.74, 6) is -3.88. The second kappa shape index (κ2) is 44.3. The van der Waals surface area contributed by atoms with E-state index < -0.39 is 397 Å². The van der Waals surface area contributed by atoms with Gasteiger partial charge in [-0.3, -0.25) is 19.2 Å². The zero-order valence-corrected chi connectivity index (χ0v) is 65.9. The molecule has 712 valence electrons. The molecule has 10 rings (SSSR count). The van der Waals surface area contributed by atoms with E-state index in [9.17, 15) is 162 Å². The highest BCUT2D eigenvalue weighted by Gasteiger charge is 2.62. The van der Waals surface area contributed by atoms with E-state index in [0.29, 0.717) is 0 Å². The molecular weight excluding hydrogens is 1690 g/mol. The van der Waals surface area contributed by atoms with Gasteiger partial charge in [-0.1, -0.05) is 0 Å². The maximum Gasteiger partial charge on any atom is 0.217 e. The Morgan fingerprint density at radius 3 is 0.789 bits per heavy atom. The summed E-state index contributed by atoms with van der Waals surface area (Å²) in [6, 6.07) is -7.78. The molecule has 0 aromatic heterocycles. The lowest BCUT2D eigenvalue weighted by Gasteiger charge is -2.51. The highest BCUT2D eigenvalue weighted by Crippen LogP contribution is 2.41. The average molecular weight is 1800 g/mol. The van der Waals surface area contributed by atoms with Gasteiger partial charge < -0.3 is 254 Å². The number of carbonyl (C=O) groups is 4. The van der Waals surface area contributed by atoms with E-state index in [-0.39, 0.29) is 0 Å². The van der Waals surface area contributed by atoms with Gasteiger partial charge in [0.25, 0.3) is 0 Å². The molecule has 4 amide bonds. The van der Waals surface area contributed by atoms with Gasteiger partial charge >= 0.3 is 0 Å². The van der Waals surface area contributed by atoms with Gasteiger partial charge in [0.1, 0.15) is 244 Å². The molecule has 50 atom stereocenters. The molecule has 55 heteroatoms. The molecule has 1 unspecified atom stereocenters. The van der Waals surface area contributed by atoms with Crippen molar-refractivity contribution in [2.24, 2.45) is 0 Å². The maximum atomic E-state index is 13.4. The Morgan fingerprint density at radius 1 is 0.211 bits per heavy atom. The lowest BCUT2D eigenvalue weighted by atomic mass is 9.93. The summed E-state index contributed by atoms with van der Waals surface area (Å²) in [5.41, 5.74) is 0. The fourth-order valence-corrected chi connectivity index (χ4v) is 15.9. The van der Waals surface area contributed by atoms with Gasteiger partial charge in [-0.05, 0) is 0 Å². The molecule has 32 N–H and O–H groups in total. The molecule has 0 aromatic carbocycles. The van der Waals surface area contributed by atoms with Crippen LogP contribution in [0.25, 0.3) is 0 Å². The number of carbonyl (C=O) groups excluding carboxylic acids is 4. The Morgan fingerprint density at radius 2 is 0.439 bits per heavy atom. The molecule has 55 nitrogen and oxygen atoms in total. The Balaban J connectivity index is 0.969. The molecule has 0 radical (unpaired) electrons. The van der Waals surface area contributed by atoms with Crippen LogP contribution < -0.4 is 21.3 Å². The van der Waals surface area contributed by atoms with Crippen molar-refractivity contribution in [2.45, 2.75) is 335 Å². The predicted octanol–water partition coefficient (Wildman–Crippen LogP) is -22.2. The second-order valence-corrected chi connectivity index (χ2v) is 31.0. The molecule has 10 saturated heterocycles. The third kappa shape index (κ3) is 22.4. The zero-order chi connectivity index (χ0) is 90.5. The standard InChI is InChI=1S/C68H114N4O51/c1-15(81)69-29-40(92)52(117-64-47(99)42(94)33(85)19(5-73)110-64)25(11-79)113-60(29)105-13-27-38(90)57(50(102)68(116-27)119-54-24(10-78)107-59(104)46(98)45(54)97)122-62-30(70-16(2)82)41(93)53(26(12-80)114-62)118-67-51(103)58(123-63-32(72-18(4)84)56(37(89)23(9-77)109-63)121-66-49(101)44(96)35(87)21(7-75)112-66)39(91)28(115-67)14-106-61-31(71-17(3)83)55(36(88)22(8-76)108-61)120-65-48(100)43(95)34(86)20(6-74)111-65/h19-68,73-80,85-104H,5-14H2,1-4H3,(H,69,81)(H,70,82)(H,71,83)(H,72,84)/t19-,20-,21-,22-,23-,24-,25-,26-,27-,28-,29-,30-,31-,32-,33+,34+,35+,36-,37-,38+,39+,40-,41-,42+,43+,44+,45-,46-,47-,48-,49-,50-,51-,52-,53-,54-,55-,56-,57+,58+,59?,60-,61-,62+,63+,64+,65+,66+,67+,68+/m1/s1. The third-order valence-electron chi connectivity index (χ3n) is 22.4. The van der Waals surface area contributed by atoms with Crippen molar-refractivity contribution in [3.05, 3.63) is 0 Å². The first-order valence-corrected chi connectivity index (χ1v) is 39.1. The summed E-state index contributed by atoms with van der Waals surface area (Å²) < 4.78 is 112. The third-order valence-corrected chi connectivity index (χ3v) is 22.4. The van der Waals surface area contributed by atoms with E-state index in [2.05, 4.69) is 21.3 Å². The van der Waals surface area contributed by atoms with E-state index in [1.807, 2.05) is 0 Å². The normalized spacial score (nSPS) is 49.4. The molecule has 10 heterocycles. The van der Waals surface area contributed by atoms with Crippen LogP contribution in [0.4, 0.5) is 0 Å². The van der Waals surface area contributed by atoms with Crippen LogP contribution in [0.15, 0.2) is 0 Å². The fourth-order valence-electron chi connectivity index (χ4n) is 15.9. The molecule has 10 aliphatic rings. The first-order chi connectivity index (χ1) is 58.2. The number of nitrogens with one attached hydrogen (secondary N) is 4. The van der Waals surface area contributed by atoms with Crippen LogP contribution in [0.2, 0.25) is 0 Å². The second-order valence-electron chi connectivity index (χ2n) is 31.0. The van der Waals surface area contributed by atoms with Gasteiger partial charge in [0.15, 0.2) is 62.9 Å². The minimum absolute atomic E-state index is 0.875. The van der Waals surface area contributed by atoms with Crippen LogP contribution in [-0.2, 0) is 109 Å². The number of hydrogen-bond donors (Lipinski definition) is 32. The van der Waals surface area contributed by atoms with Gasteiger partial charge in [0, 0.05) is 27.7 Å². The van der Waals surface area contributed by atoms with Crippen molar-refractivity contribution in [3.63, 3.8) is 0 Å². The minimum atomic E-state index is -2.58. The summed E-state index contributed by atoms with van der Waals surface area (Å²) in [7, 11) is 0. The van der Waals surface area contributed by atoms with E-state index >= 15 is 0 Å². The molecule has 0 spiro atoms. The summed E-state index contributed by atoms with van der Waals surface area (Å²) in [6.07, 6.45) is -96.3. The Labute approximate surface area is 695 Å². The van der Waals surface area contributed by atoms with E-state index in [1.165, 1.54) is 0 Å². The van der Waals surface area contributed by atoms with Crippen LogP contribution in [0, 0.1) is 0 Å². The van der Waals surface area contributed by atoms with Crippen molar-refractivity contribution in [1.82, 2.24) is 21.3 Å². The summed E-state index contributed by atoms with van der Waals surface area (Å²) in [6.45, 7) is -7.21. The maximum absolute atomic E-state index is 13.4. The Bertz CT molecular complexity index is 3300. The highest BCUT2D eigenvalue weighted by atomic mass is 16.8. The van der Waals surface area contributed by atoms with E-state index in [1.54, 1.807) is 0 Å². The minimum Gasteiger partial charge on any atom is -0.394 e. The van der Waals surface area contributed by atoms with Crippen molar-refractivity contribution in [3.8, 4) is 0 Å². The van der Waals surface area contributed by atoms with Crippen LogP contribution in [0.3, 0.4) is 0 Å². The molecule has 10 aliphatic heterocycles. The molecule has 0 aromatic rings. The van der Waals surface area contributed by atoms with E-state index in [4.69, 9.17) is 90.0 Å². The van der Waals surface area contributed by atoms with Gasteiger partial charge in [-0.25, -0.2) is 0 Å². The van der Waals surface area contributed by atoms with E-state index in [0.717, 1.165) is 27.7 Å². The lowest BCUT2D eigenvalue weighted by Crippen LogP contribution is -2.71. The largest absolute Gasteiger partial charge is 0.394 e. The summed E-state index contributed by atoms with van der Waals surface area (Å²) in [4.78, 5) is 52.5. The molecule has 10 fully saturated rings. The van der Waals surface area contributed by atoms with Crippen molar-refractivity contribution in [1.29, 1.82) is 0 Å². The molecule has 123 heavy (non-hydrogen) atoms. The van der Waals surface area contributed by atoms with Crippen molar-refractivity contribution >= 4 is 23.6 Å². The Kier molecular flexibility index (Phi) is 36.4. The number of aliphatic hydroxyl groups is 28. The van der Waals surface area contributed by atoms with Crippen LogP contribution >= 0.6 is 0 Å². The smallest absolute Gasteiger partial charge is 0.217 e. The van der Waals surface area contributed by atoms with Crippen molar-refractivity contribution in [2.75, 3.05) is 66.1 Å². The number of hydrogen-bond acceptors (Lipinski definition) is 51. The van der Waals surface area contributed by atoms with Gasteiger partial charge in [-0.2, -0.15) is 0 Å². The fraction of sp³-hybridized carbons (Fsp3) is 0.941. The first kappa shape index (κ1) is 101. The molecular formula is C68H114N4O51. The Hall–Kier alpha value is -4.00. The number of rotatable bonds is 32. The van der Waals surface area contributed by atoms with Gasteiger partial charge in [0.05, 0.1) is 66.1 Å².